The Morgan fingerprint density at radius 3 is 2.30 bits per heavy atom. The van der Waals surface area contributed by atoms with Gasteiger partial charge in [-0.25, -0.2) is 8.78 Å². The Balaban J connectivity index is 2.51. The van der Waals surface area contributed by atoms with Crippen LogP contribution in [0.15, 0.2) is 24.3 Å². The highest BCUT2D eigenvalue weighted by molar-refractivity contribution is 9.09. The summed E-state index contributed by atoms with van der Waals surface area (Å²) in [6, 6.07) is 8.48. The lowest BCUT2D eigenvalue weighted by molar-refractivity contribution is 0.0167. The molecule has 4 heteroatoms. The summed E-state index contributed by atoms with van der Waals surface area (Å²) in [6.07, 6.45) is -0.617. The van der Waals surface area contributed by atoms with Crippen molar-refractivity contribution in [2.24, 2.45) is 0 Å². The molecule has 0 spiro atoms. The average Bonchev–Trinajstić information content (AvgIpc) is 2.43. The van der Waals surface area contributed by atoms with Crippen molar-refractivity contribution in [3.8, 4) is 0 Å². The standard InChI is InChI=1S/C16H23BrF2O/c1-4-16(2,3)13-7-5-12(6-8-13)14(17)9-10-20-11-15(18)19/h5-8,14-15H,4,9-11H2,1-3H3. The van der Waals surface area contributed by atoms with Crippen LogP contribution in [-0.4, -0.2) is 19.6 Å². The van der Waals surface area contributed by atoms with Crippen LogP contribution >= 0.6 is 15.9 Å². The lowest BCUT2D eigenvalue weighted by atomic mass is 9.82. The van der Waals surface area contributed by atoms with Crippen LogP contribution in [0.1, 0.15) is 49.6 Å². The average molecular weight is 349 g/mol. The van der Waals surface area contributed by atoms with Crippen molar-refractivity contribution in [2.75, 3.05) is 13.2 Å². The molecule has 1 unspecified atom stereocenters. The molecule has 20 heavy (non-hydrogen) atoms. The highest BCUT2D eigenvalue weighted by Crippen LogP contribution is 2.31. The van der Waals surface area contributed by atoms with E-state index in [1.807, 2.05) is 0 Å². The molecule has 0 bridgehead atoms. The summed E-state index contributed by atoms with van der Waals surface area (Å²) in [5.74, 6) is 0. The fourth-order valence-electron chi connectivity index (χ4n) is 1.87. The van der Waals surface area contributed by atoms with Gasteiger partial charge in [0.2, 0.25) is 0 Å². The molecule has 1 rings (SSSR count). The highest BCUT2D eigenvalue weighted by atomic mass is 79.9. The van der Waals surface area contributed by atoms with E-state index in [4.69, 9.17) is 4.74 Å². The van der Waals surface area contributed by atoms with Crippen LogP contribution in [-0.2, 0) is 10.2 Å². The van der Waals surface area contributed by atoms with Crippen molar-refractivity contribution in [1.29, 1.82) is 0 Å². The Bertz CT molecular complexity index is 390. The predicted molar refractivity (Wildman–Crippen MR) is 82.9 cm³/mol. The van der Waals surface area contributed by atoms with Gasteiger partial charge in [-0.15, -0.1) is 0 Å². The fraction of sp³-hybridized carbons (Fsp3) is 0.625. The smallest absolute Gasteiger partial charge is 0.261 e. The third-order valence-electron chi connectivity index (χ3n) is 3.70. The molecule has 114 valence electrons. The van der Waals surface area contributed by atoms with Crippen molar-refractivity contribution in [3.63, 3.8) is 0 Å². The van der Waals surface area contributed by atoms with E-state index in [0.717, 1.165) is 12.0 Å². The number of halogens is 3. The number of rotatable bonds is 8. The summed E-state index contributed by atoms with van der Waals surface area (Å²) in [4.78, 5) is 0.138. The normalized spacial score (nSPS) is 13.8. The van der Waals surface area contributed by atoms with Crippen molar-refractivity contribution >= 4 is 15.9 Å². The van der Waals surface area contributed by atoms with Crippen molar-refractivity contribution in [2.45, 2.75) is 50.3 Å². The predicted octanol–water partition coefficient (Wildman–Crippen LogP) is 5.48. The first kappa shape index (κ1) is 17.6. The molecule has 0 aliphatic carbocycles. The molecule has 1 atom stereocenters. The lowest BCUT2D eigenvalue weighted by Gasteiger charge is -2.23. The molecular formula is C16H23BrF2O. The van der Waals surface area contributed by atoms with Crippen LogP contribution < -0.4 is 0 Å². The zero-order valence-electron chi connectivity index (χ0n) is 12.3. The van der Waals surface area contributed by atoms with Crippen LogP contribution in [0.5, 0.6) is 0 Å². The fourth-order valence-corrected chi connectivity index (χ4v) is 2.37. The Kier molecular flexibility index (Phi) is 7.10. The van der Waals surface area contributed by atoms with Gasteiger partial charge in [0, 0.05) is 11.4 Å². The van der Waals surface area contributed by atoms with Gasteiger partial charge in [-0.2, -0.15) is 0 Å². The Labute approximate surface area is 128 Å². The molecule has 1 aromatic rings. The molecule has 1 nitrogen and oxygen atoms in total. The van der Waals surface area contributed by atoms with Crippen molar-refractivity contribution < 1.29 is 13.5 Å². The SMILES string of the molecule is CCC(C)(C)c1ccc(C(Br)CCOCC(F)F)cc1. The maximum atomic E-state index is 11.9. The molecule has 0 saturated heterocycles. The lowest BCUT2D eigenvalue weighted by Crippen LogP contribution is -2.15. The quantitative estimate of drug-likeness (QED) is 0.446. The zero-order valence-corrected chi connectivity index (χ0v) is 13.9. The van der Waals surface area contributed by atoms with Crippen LogP contribution in [0.4, 0.5) is 8.78 Å². The second kappa shape index (κ2) is 8.08. The van der Waals surface area contributed by atoms with Gasteiger partial charge in [0.1, 0.15) is 6.61 Å². The van der Waals surface area contributed by atoms with Gasteiger partial charge in [-0.05, 0) is 29.4 Å². The molecule has 0 aromatic heterocycles. The summed E-state index contributed by atoms with van der Waals surface area (Å²) in [6.45, 7) is 6.49. The number of hydrogen-bond donors (Lipinski definition) is 0. The molecule has 0 aliphatic heterocycles. The number of alkyl halides is 3. The Morgan fingerprint density at radius 2 is 1.80 bits per heavy atom. The van der Waals surface area contributed by atoms with E-state index < -0.39 is 13.0 Å². The van der Waals surface area contributed by atoms with Gasteiger partial charge < -0.3 is 4.74 Å². The highest BCUT2D eigenvalue weighted by Gasteiger charge is 2.18. The Morgan fingerprint density at radius 1 is 1.20 bits per heavy atom. The molecule has 0 N–H and O–H groups in total. The maximum absolute atomic E-state index is 11.9. The summed E-state index contributed by atoms with van der Waals surface area (Å²) in [5.41, 5.74) is 2.65. The summed E-state index contributed by atoms with van der Waals surface area (Å²) in [7, 11) is 0. The molecule has 0 radical (unpaired) electrons. The molecule has 0 aliphatic rings. The van der Waals surface area contributed by atoms with Gasteiger partial charge in [0.25, 0.3) is 6.43 Å². The van der Waals surface area contributed by atoms with Crippen molar-refractivity contribution in [3.05, 3.63) is 35.4 Å². The molecule has 1 aromatic carbocycles. The maximum Gasteiger partial charge on any atom is 0.261 e. The largest absolute Gasteiger partial charge is 0.375 e. The third-order valence-corrected chi connectivity index (χ3v) is 4.68. The minimum atomic E-state index is -2.39. The monoisotopic (exact) mass is 348 g/mol. The second-order valence-corrected chi connectivity index (χ2v) is 6.69. The molecule has 0 heterocycles. The summed E-state index contributed by atoms with van der Waals surface area (Å²) < 4.78 is 28.8. The van der Waals surface area contributed by atoms with Crippen LogP contribution in [0.2, 0.25) is 0 Å². The first-order valence-corrected chi connectivity index (χ1v) is 7.88. The van der Waals surface area contributed by atoms with Crippen LogP contribution in [0.25, 0.3) is 0 Å². The van der Waals surface area contributed by atoms with Gasteiger partial charge in [0.05, 0.1) is 0 Å². The minimum Gasteiger partial charge on any atom is -0.375 e. The third kappa shape index (κ3) is 5.49. The number of ether oxygens (including phenoxy) is 1. The molecular weight excluding hydrogens is 326 g/mol. The molecule has 0 saturated carbocycles. The molecule has 0 amide bonds. The van der Waals surface area contributed by atoms with Crippen LogP contribution in [0.3, 0.4) is 0 Å². The zero-order chi connectivity index (χ0) is 15.2. The van der Waals surface area contributed by atoms with E-state index in [0.29, 0.717) is 13.0 Å². The van der Waals surface area contributed by atoms with E-state index >= 15 is 0 Å². The number of hydrogen-bond acceptors (Lipinski definition) is 1. The minimum absolute atomic E-state index is 0.138. The van der Waals surface area contributed by atoms with E-state index in [-0.39, 0.29) is 10.2 Å². The van der Waals surface area contributed by atoms with E-state index in [1.54, 1.807) is 0 Å². The van der Waals surface area contributed by atoms with Gasteiger partial charge in [-0.1, -0.05) is 61.0 Å². The summed E-state index contributed by atoms with van der Waals surface area (Å²) >= 11 is 3.58. The molecule has 0 fully saturated rings. The second-order valence-electron chi connectivity index (χ2n) is 5.58. The van der Waals surface area contributed by atoms with E-state index in [2.05, 4.69) is 61.0 Å². The van der Waals surface area contributed by atoms with Crippen LogP contribution in [0, 0.1) is 0 Å². The first-order valence-electron chi connectivity index (χ1n) is 6.97. The van der Waals surface area contributed by atoms with Gasteiger partial charge >= 0.3 is 0 Å². The first-order chi connectivity index (χ1) is 9.36. The van der Waals surface area contributed by atoms with Gasteiger partial charge in [0.15, 0.2) is 0 Å². The van der Waals surface area contributed by atoms with E-state index in [1.165, 1.54) is 5.56 Å². The van der Waals surface area contributed by atoms with Gasteiger partial charge in [-0.3, -0.25) is 0 Å². The Hall–Kier alpha value is -0.480. The number of benzene rings is 1. The summed E-state index contributed by atoms with van der Waals surface area (Å²) in [5, 5.41) is 0. The van der Waals surface area contributed by atoms with Crippen molar-refractivity contribution in [1.82, 2.24) is 0 Å². The van der Waals surface area contributed by atoms with E-state index in [9.17, 15) is 8.78 Å². The topological polar surface area (TPSA) is 9.23 Å².